The minimum Gasteiger partial charge on any atom is -0.497 e. The molecule has 1 aliphatic heterocycles. The summed E-state index contributed by atoms with van der Waals surface area (Å²) < 4.78 is 6.86. The number of benzene rings is 1. The lowest BCUT2D eigenvalue weighted by atomic mass is 10.2. The molecule has 6 heteroatoms. The van der Waals surface area contributed by atoms with E-state index in [-0.39, 0.29) is 5.56 Å². The van der Waals surface area contributed by atoms with Gasteiger partial charge in [0.25, 0.3) is 5.56 Å². The summed E-state index contributed by atoms with van der Waals surface area (Å²) in [4.78, 5) is 18.3. The van der Waals surface area contributed by atoms with E-state index in [0.717, 1.165) is 33.6 Å². The maximum absolute atomic E-state index is 12.8. The Balaban J connectivity index is 2.17. The highest BCUT2D eigenvalue weighted by molar-refractivity contribution is 8.00. The molecule has 2 aromatic rings. The van der Waals surface area contributed by atoms with Crippen LogP contribution in [-0.4, -0.2) is 28.2 Å². The summed E-state index contributed by atoms with van der Waals surface area (Å²) in [7, 11) is 1.63. The van der Waals surface area contributed by atoms with Crippen LogP contribution in [-0.2, 0) is 6.42 Å². The third-order valence-corrected chi connectivity index (χ3v) is 5.25. The second kappa shape index (κ2) is 5.77. The van der Waals surface area contributed by atoms with E-state index in [4.69, 9.17) is 4.74 Å². The van der Waals surface area contributed by atoms with Crippen molar-refractivity contribution in [2.75, 3.05) is 13.4 Å². The summed E-state index contributed by atoms with van der Waals surface area (Å²) in [6.45, 7) is 2.13. The van der Waals surface area contributed by atoms with Gasteiger partial charge in [-0.3, -0.25) is 9.36 Å². The van der Waals surface area contributed by atoms with Gasteiger partial charge in [-0.1, -0.05) is 18.7 Å². The molecule has 0 saturated heterocycles. The summed E-state index contributed by atoms with van der Waals surface area (Å²) >= 11 is 3.12. The summed E-state index contributed by atoms with van der Waals surface area (Å²) in [6.07, 6.45) is 2.81. The minimum atomic E-state index is 0.0314. The first-order chi connectivity index (χ1) is 10.1. The van der Waals surface area contributed by atoms with Crippen LogP contribution < -0.4 is 10.3 Å². The molecule has 1 atom stereocenters. The van der Waals surface area contributed by atoms with Gasteiger partial charge in [-0.25, -0.2) is 4.98 Å². The van der Waals surface area contributed by atoms with Gasteiger partial charge in [0.2, 0.25) is 0 Å². The van der Waals surface area contributed by atoms with Gasteiger partial charge in [0.05, 0.1) is 23.4 Å². The molecule has 21 heavy (non-hydrogen) atoms. The van der Waals surface area contributed by atoms with Crippen molar-refractivity contribution in [2.24, 2.45) is 0 Å². The van der Waals surface area contributed by atoms with Crippen LogP contribution in [0.25, 0.3) is 5.69 Å². The van der Waals surface area contributed by atoms with Gasteiger partial charge in [0.1, 0.15) is 5.75 Å². The maximum atomic E-state index is 12.8. The van der Waals surface area contributed by atoms with Crippen LogP contribution in [0.4, 0.5) is 0 Å². The van der Waals surface area contributed by atoms with Crippen molar-refractivity contribution in [3.05, 3.63) is 40.3 Å². The molecule has 0 unspecified atom stereocenters. The van der Waals surface area contributed by atoms with Crippen molar-refractivity contribution in [1.82, 2.24) is 9.55 Å². The van der Waals surface area contributed by atoms with E-state index in [1.165, 1.54) is 11.8 Å². The van der Waals surface area contributed by atoms with Gasteiger partial charge in [-0.2, -0.15) is 0 Å². The predicted octanol–water partition coefficient (Wildman–Crippen LogP) is 3.00. The molecule has 3 rings (SSSR count). The van der Waals surface area contributed by atoms with Crippen LogP contribution >= 0.6 is 23.5 Å². The number of hydrogen-bond acceptors (Lipinski definition) is 5. The first kappa shape index (κ1) is 14.5. The minimum absolute atomic E-state index is 0.0314. The number of aromatic nitrogens is 2. The highest BCUT2D eigenvalue weighted by Gasteiger charge is 2.26. The van der Waals surface area contributed by atoms with Crippen molar-refractivity contribution < 1.29 is 4.74 Å². The van der Waals surface area contributed by atoms with E-state index in [9.17, 15) is 4.79 Å². The Kier molecular flexibility index (Phi) is 3.99. The molecule has 1 aliphatic rings. The summed E-state index contributed by atoms with van der Waals surface area (Å²) in [6, 6.07) is 7.48. The smallest absolute Gasteiger partial charge is 0.272 e. The average molecular weight is 320 g/mol. The van der Waals surface area contributed by atoms with Crippen LogP contribution in [0.3, 0.4) is 0 Å². The van der Waals surface area contributed by atoms with Crippen LogP contribution in [0.5, 0.6) is 5.75 Å². The normalized spacial score (nSPS) is 16.8. The quantitative estimate of drug-likeness (QED) is 0.642. The fraction of sp³-hybridized carbons (Fsp3) is 0.333. The van der Waals surface area contributed by atoms with Crippen molar-refractivity contribution in [3.8, 4) is 11.4 Å². The van der Waals surface area contributed by atoms with E-state index in [2.05, 4.69) is 11.9 Å². The predicted molar refractivity (Wildman–Crippen MR) is 87.2 cm³/mol. The highest BCUT2D eigenvalue weighted by atomic mass is 32.2. The standard InChI is InChI=1S/C15H16N2O2S2/c1-9-8-12-13(21-9)14(18)17(15(16-12)20-3)10-4-6-11(19-2)7-5-10/h4-7,9H,8H2,1-3H3/t9-/m1/s1. The fourth-order valence-corrected chi connectivity index (χ4v) is 4.07. The third kappa shape index (κ3) is 2.58. The number of hydrogen-bond donors (Lipinski definition) is 0. The lowest BCUT2D eigenvalue weighted by Gasteiger charge is -2.12. The lowest BCUT2D eigenvalue weighted by molar-refractivity contribution is 0.414. The first-order valence-electron chi connectivity index (χ1n) is 6.65. The molecule has 0 spiro atoms. The summed E-state index contributed by atoms with van der Waals surface area (Å²) in [5.41, 5.74) is 1.79. The van der Waals surface area contributed by atoms with Crippen molar-refractivity contribution in [1.29, 1.82) is 0 Å². The fourth-order valence-electron chi connectivity index (χ4n) is 2.40. The molecule has 0 saturated carbocycles. The highest BCUT2D eigenvalue weighted by Crippen LogP contribution is 2.34. The molecule has 2 heterocycles. The van der Waals surface area contributed by atoms with Gasteiger partial charge in [0, 0.05) is 11.7 Å². The topological polar surface area (TPSA) is 44.1 Å². The molecule has 1 aromatic carbocycles. The van der Waals surface area contributed by atoms with Gasteiger partial charge in [0.15, 0.2) is 5.16 Å². The monoisotopic (exact) mass is 320 g/mol. The molecule has 110 valence electrons. The Hall–Kier alpha value is -1.40. The number of ether oxygens (including phenoxy) is 1. The molecule has 0 N–H and O–H groups in total. The zero-order chi connectivity index (χ0) is 15.0. The van der Waals surface area contributed by atoms with Gasteiger partial charge >= 0.3 is 0 Å². The van der Waals surface area contributed by atoms with Crippen LogP contribution in [0.1, 0.15) is 12.6 Å². The second-order valence-corrected chi connectivity index (χ2v) is 7.07. The molecule has 0 amide bonds. The van der Waals surface area contributed by atoms with Crippen LogP contribution in [0.15, 0.2) is 39.1 Å². The number of thioether (sulfide) groups is 2. The van der Waals surface area contributed by atoms with E-state index < -0.39 is 0 Å². The Morgan fingerprint density at radius 2 is 2.10 bits per heavy atom. The molecule has 0 aliphatic carbocycles. The van der Waals surface area contributed by atoms with Crippen molar-refractivity contribution in [2.45, 2.75) is 28.6 Å². The van der Waals surface area contributed by atoms with E-state index >= 15 is 0 Å². The molecule has 0 bridgehead atoms. The van der Waals surface area contributed by atoms with Gasteiger partial charge in [-0.15, -0.1) is 11.8 Å². The van der Waals surface area contributed by atoms with E-state index in [1.807, 2.05) is 30.5 Å². The zero-order valence-corrected chi connectivity index (χ0v) is 13.8. The number of rotatable bonds is 3. The van der Waals surface area contributed by atoms with Crippen molar-refractivity contribution in [3.63, 3.8) is 0 Å². The Morgan fingerprint density at radius 1 is 1.38 bits per heavy atom. The van der Waals surface area contributed by atoms with E-state index in [1.54, 1.807) is 23.4 Å². The van der Waals surface area contributed by atoms with Crippen LogP contribution in [0, 0.1) is 0 Å². The van der Waals surface area contributed by atoms with Gasteiger partial charge < -0.3 is 4.74 Å². The average Bonchev–Trinajstić information content (AvgIpc) is 2.88. The zero-order valence-electron chi connectivity index (χ0n) is 12.1. The number of nitrogens with zero attached hydrogens (tertiary/aromatic N) is 2. The maximum Gasteiger partial charge on any atom is 0.272 e. The Labute approximate surface area is 131 Å². The molecular formula is C15H16N2O2S2. The molecule has 0 radical (unpaired) electrons. The largest absolute Gasteiger partial charge is 0.497 e. The Bertz CT molecular complexity index is 726. The molecule has 4 nitrogen and oxygen atoms in total. The van der Waals surface area contributed by atoms with Crippen LogP contribution in [0.2, 0.25) is 0 Å². The molecular weight excluding hydrogens is 304 g/mol. The number of fused-ring (bicyclic) bond motifs is 1. The molecule has 0 fully saturated rings. The summed E-state index contributed by atoms with van der Waals surface area (Å²) in [5.74, 6) is 0.773. The SMILES string of the molecule is COc1ccc(-n2c(SC)nc3c(c2=O)S[C@H](C)C3)cc1. The third-order valence-electron chi connectivity index (χ3n) is 3.39. The van der Waals surface area contributed by atoms with E-state index in [0.29, 0.717) is 5.25 Å². The van der Waals surface area contributed by atoms with Gasteiger partial charge in [-0.05, 0) is 30.5 Å². The lowest BCUT2D eigenvalue weighted by Crippen LogP contribution is -2.23. The summed E-state index contributed by atoms with van der Waals surface area (Å²) in [5, 5.41) is 1.15. The second-order valence-electron chi connectivity index (χ2n) is 4.85. The van der Waals surface area contributed by atoms with Crippen molar-refractivity contribution >= 4 is 23.5 Å². The number of methoxy groups -OCH3 is 1. The molecule has 1 aromatic heterocycles. The first-order valence-corrected chi connectivity index (χ1v) is 8.75. The Morgan fingerprint density at radius 3 is 2.71 bits per heavy atom.